The van der Waals surface area contributed by atoms with Crippen LogP contribution in [-0.4, -0.2) is 10.2 Å². The average molecular weight is 160 g/mol. The number of hydrogen-bond acceptors (Lipinski definition) is 2. The molecule has 0 unspecified atom stereocenters. The summed E-state index contributed by atoms with van der Waals surface area (Å²) in [5, 5.41) is -0.679. The van der Waals surface area contributed by atoms with Gasteiger partial charge >= 0.3 is 0 Å². The lowest BCUT2D eigenvalue weighted by molar-refractivity contribution is 0.108. The summed E-state index contributed by atoms with van der Waals surface area (Å²) in [4.78, 5) is 13.6. The summed E-state index contributed by atoms with van der Waals surface area (Å²) >= 11 is 5.04. The fourth-order valence-corrected chi connectivity index (χ4v) is 0.642. The van der Waals surface area contributed by atoms with E-state index in [2.05, 4.69) is 4.98 Å². The van der Waals surface area contributed by atoms with Gasteiger partial charge < -0.3 is 0 Å². The second-order valence-corrected chi connectivity index (χ2v) is 1.98. The lowest BCUT2D eigenvalue weighted by atomic mass is 10.3. The molecule has 1 aromatic heterocycles. The summed E-state index contributed by atoms with van der Waals surface area (Å²) in [5.41, 5.74) is 0.120. The van der Waals surface area contributed by atoms with E-state index in [4.69, 9.17) is 11.6 Å². The van der Waals surface area contributed by atoms with Crippen molar-refractivity contribution in [3.8, 4) is 0 Å². The van der Waals surface area contributed by atoms with Crippen molar-refractivity contribution in [2.75, 3.05) is 0 Å². The van der Waals surface area contributed by atoms with Crippen molar-refractivity contribution in [3.05, 3.63) is 29.8 Å². The van der Waals surface area contributed by atoms with Crippen molar-refractivity contribution in [2.24, 2.45) is 0 Å². The predicted octanol–water partition coefficient (Wildman–Crippen LogP) is 1.60. The van der Waals surface area contributed by atoms with Gasteiger partial charge in [-0.05, 0) is 17.7 Å². The minimum absolute atomic E-state index is 0.120. The fraction of sp³-hybridized carbons (Fsp3) is 0. The molecule has 0 N–H and O–H groups in total. The smallest absolute Gasteiger partial charge is 0.252 e. The molecule has 1 rings (SSSR count). The van der Waals surface area contributed by atoms with Gasteiger partial charge in [0.2, 0.25) is 5.95 Å². The third kappa shape index (κ3) is 1.51. The van der Waals surface area contributed by atoms with Gasteiger partial charge in [-0.3, -0.25) is 4.79 Å². The van der Waals surface area contributed by atoms with Gasteiger partial charge in [0.1, 0.15) is 0 Å². The molecule has 0 aliphatic carbocycles. The highest BCUT2D eigenvalue weighted by atomic mass is 35.5. The normalized spacial score (nSPS) is 9.40. The summed E-state index contributed by atoms with van der Waals surface area (Å²) in [6, 6.07) is 2.33. The van der Waals surface area contributed by atoms with Gasteiger partial charge in [-0.25, -0.2) is 4.98 Å². The molecular weight excluding hydrogens is 157 g/mol. The van der Waals surface area contributed by atoms with Crippen molar-refractivity contribution in [3.63, 3.8) is 0 Å². The van der Waals surface area contributed by atoms with E-state index in [0.29, 0.717) is 0 Å². The van der Waals surface area contributed by atoms with Crippen LogP contribution in [0.1, 0.15) is 10.4 Å². The molecule has 0 atom stereocenters. The van der Waals surface area contributed by atoms with Gasteiger partial charge in [0.25, 0.3) is 5.24 Å². The Labute approximate surface area is 61.6 Å². The number of carbonyl (C=O) groups is 1. The van der Waals surface area contributed by atoms with Crippen LogP contribution < -0.4 is 0 Å². The molecule has 0 aromatic carbocycles. The Bertz CT molecular complexity index is 264. The molecule has 0 bridgehead atoms. The Morgan fingerprint density at radius 3 is 2.80 bits per heavy atom. The van der Waals surface area contributed by atoms with E-state index >= 15 is 0 Å². The zero-order chi connectivity index (χ0) is 7.56. The van der Waals surface area contributed by atoms with Gasteiger partial charge in [-0.15, -0.1) is 0 Å². The van der Waals surface area contributed by atoms with Crippen molar-refractivity contribution in [2.45, 2.75) is 0 Å². The molecule has 10 heavy (non-hydrogen) atoms. The van der Waals surface area contributed by atoms with E-state index in [1.165, 1.54) is 12.3 Å². The van der Waals surface area contributed by atoms with Crippen LogP contribution in [-0.2, 0) is 0 Å². The number of halogens is 2. The van der Waals surface area contributed by atoms with E-state index in [-0.39, 0.29) is 5.56 Å². The quantitative estimate of drug-likeness (QED) is 0.460. The molecule has 2 nitrogen and oxygen atoms in total. The summed E-state index contributed by atoms with van der Waals surface area (Å²) in [6.45, 7) is 0. The van der Waals surface area contributed by atoms with E-state index in [1.54, 1.807) is 0 Å². The van der Waals surface area contributed by atoms with E-state index in [1.807, 2.05) is 0 Å². The molecule has 0 fully saturated rings. The first-order chi connectivity index (χ1) is 4.70. The highest BCUT2D eigenvalue weighted by Crippen LogP contribution is 2.03. The minimum Gasteiger partial charge on any atom is -0.276 e. The van der Waals surface area contributed by atoms with Crippen molar-refractivity contribution in [1.29, 1.82) is 0 Å². The Morgan fingerprint density at radius 1 is 1.70 bits per heavy atom. The summed E-state index contributed by atoms with van der Waals surface area (Å²) < 4.78 is 12.2. The van der Waals surface area contributed by atoms with Gasteiger partial charge in [-0.2, -0.15) is 4.39 Å². The Kier molecular flexibility index (Phi) is 1.97. The maximum atomic E-state index is 12.2. The minimum atomic E-state index is -0.702. The SMILES string of the molecule is O=C(Cl)c1ccnc(F)c1. The summed E-state index contributed by atoms with van der Waals surface area (Å²) in [7, 11) is 0. The van der Waals surface area contributed by atoms with Gasteiger partial charge in [0, 0.05) is 17.8 Å². The number of pyridine rings is 1. The Morgan fingerprint density at radius 2 is 2.40 bits per heavy atom. The van der Waals surface area contributed by atoms with Crippen LogP contribution in [0, 0.1) is 5.95 Å². The molecular formula is C6H3ClFNO. The van der Waals surface area contributed by atoms with Crippen LogP contribution in [0.15, 0.2) is 18.3 Å². The second-order valence-electron chi connectivity index (χ2n) is 1.64. The average Bonchev–Trinajstić information content (AvgIpc) is 1.88. The van der Waals surface area contributed by atoms with Crippen LogP contribution in [0.3, 0.4) is 0 Å². The number of nitrogens with zero attached hydrogens (tertiary/aromatic N) is 1. The third-order valence-electron chi connectivity index (χ3n) is 0.954. The van der Waals surface area contributed by atoms with Crippen molar-refractivity contribution < 1.29 is 9.18 Å². The lowest BCUT2D eigenvalue weighted by Crippen LogP contribution is -1.90. The molecule has 0 aliphatic rings. The maximum absolute atomic E-state index is 12.2. The number of carbonyl (C=O) groups excluding carboxylic acids is 1. The zero-order valence-electron chi connectivity index (χ0n) is 4.84. The number of rotatable bonds is 1. The maximum Gasteiger partial charge on any atom is 0.252 e. The van der Waals surface area contributed by atoms with Crippen LogP contribution in [0.4, 0.5) is 4.39 Å². The number of aromatic nitrogens is 1. The summed E-state index contributed by atoms with van der Waals surface area (Å²) in [6.07, 6.45) is 1.19. The fourth-order valence-electron chi connectivity index (χ4n) is 0.525. The zero-order valence-corrected chi connectivity index (χ0v) is 5.60. The molecule has 0 radical (unpaired) electrons. The largest absolute Gasteiger partial charge is 0.276 e. The van der Waals surface area contributed by atoms with Gasteiger partial charge in [0.15, 0.2) is 0 Å². The van der Waals surface area contributed by atoms with Crippen LogP contribution >= 0.6 is 11.6 Å². The monoisotopic (exact) mass is 159 g/mol. The number of hydrogen-bond donors (Lipinski definition) is 0. The molecule has 0 amide bonds. The van der Waals surface area contributed by atoms with Crippen molar-refractivity contribution >= 4 is 16.8 Å². The van der Waals surface area contributed by atoms with Gasteiger partial charge in [0.05, 0.1) is 0 Å². The van der Waals surface area contributed by atoms with Crippen LogP contribution in [0.2, 0.25) is 0 Å². The van der Waals surface area contributed by atoms with E-state index < -0.39 is 11.2 Å². The van der Waals surface area contributed by atoms with Crippen LogP contribution in [0.5, 0.6) is 0 Å². The topological polar surface area (TPSA) is 30.0 Å². The first kappa shape index (κ1) is 7.15. The molecule has 4 heteroatoms. The Hall–Kier alpha value is -0.960. The Balaban J connectivity index is 3.07. The first-order valence-corrected chi connectivity index (χ1v) is 2.89. The summed E-state index contributed by atoms with van der Waals surface area (Å²) in [5.74, 6) is -0.702. The molecule has 0 saturated carbocycles. The second kappa shape index (κ2) is 2.75. The molecule has 0 saturated heterocycles. The molecule has 0 aliphatic heterocycles. The molecule has 1 aromatic rings. The molecule has 0 spiro atoms. The third-order valence-corrected chi connectivity index (χ3v) is 1.17. The van der Waals surface area contributed by atoms with Crippen molar-refractivity contribution in [1.82, 2.24) is 4.98 Å². The molecule has 52 valence electrons. The van der Waals surface area contributed by atoms with E-state index in [0.717, 1.165) is 6.07 Å². The van der Waals surface area contributed by atoms with E-state index in [9.17, 15) is 9.18 Å². The predicted molar refractivity (Wildman–Crippen MR) is 34.4 cm³/mol. The highest BCUT2D eigenvalue weighted by Gasteiger charge is 2.01. The lowest BCUT2D eigenvalue weighted by Gasteiger charge is -1.89. The highest BCUT2D eigenvalue weighted by molar-refractivity contribution is 6.67. The first-order valence-electron chi connectivity index (χ1n) is 2.51. The standard InChI is InChI=1S/C6H3ClFNO/c7-6(10)4-1-2-9-5(8)3-4/h1-3H. The molecule has 1 heterocycles. The van der Waals surface area contributed by atoms with Gasteiger partial charge in [-0.1, -0.05) is 0 Å². The van der Waals surface area contributed by atoms with Crippen LogP contribution in [0.25, 0.3) is 0 Å².